The number of nitrogens with zero attached hydrogens (tertiary/aromatic N) is 1. The summed E-state index contributed by atoms with van der Waals surface area (Å²) in [6.45, 7) is 10.4. The van der Waals surface area contributed by atoms with Gasteiger partial charge in [-0.15, -0.1) is 0 Å². The number of nitrogens with one attached hydrogen (secondary N) is 1. The van der Waals surface area contributed by atoms with Crippen molar-refractivity contribution in [2.24, 2.45) is 5.10 Å². The first-order chi connectivity index (χ1) is 18.5. The summed E-state index contributed by atoms with van der Waals surface area (Å²) in [7, 11) is -4.59. The van der Waals surface area contributed by atoms with E-state index in [0.717, 1.165) is 0 Å². The molecule has 4 rings (SSSR count). The van der Waals surface area contributed by atoms with Crippen molar-refractivity contribution in [3.63, 3.8) is 0 Å². The molecule has 0 atom stereocenters. The van der Waals surface area contributed by atoms with Crippen LogP contribution in [0.4, 0.5) is 4.79 Å². The average molecular weight is 567 g/mol. The minimum Gasteiger partial charge on any atom is -0.456 e. The largest absolute Gasteiger partial charge is 0.456 e. The standard InChI is InChI=1S/C29H30N2O8S/c1-28(2,3)38-26(32)17-11-13-19-22(15-17)37-23-16-18(30-31-27(33)39-29(4,5)6)12-14-20(23)25(19)21-9-7-8-10-24(21)40(34,35)36/h7-16H,1-6H3,(H,31,33)(H,34,35,36)/b30-18-. The molecule has 1 amide bonds. The van der Waals surface area contributed by atoms with Gasteiger partial charge in [0.1, 0.15) is 27.4 Å². The number of fused-ring (bicyclic) bond motifs is 2. The highest BCUT2D eigenvalue weighted by molar-refractivity contribution is 7.86. The van der Waals surface area contributed by atoms with Crippen LogP contribution in [0.2, 0.25) is 0 Å². The number of carbonyl (C=O) groups excluding carboxylic acids is 2. The van der Waals surface area contributed by atoms with Crippen molar-refractivity contribution in [1.29, 1.82) is 0 Å². The van der Waals surface area contributed by atoms with Gasteiger partial charge >= 0.3 is 12.1 Å². The summed E-state index contributed by atoms with van der Waals surface area (Å²) >= 11 is 0. The molecule has 0 bridgehead atoms. The van der Waals surface area contributed by atoms with E-state index in [4.69, 9.17) is 13.9 Å². The molecular weight excluding hydrogens is 536 g/mol. The Labute approximate surface area is 231 Å². The van der Waals surface area contributed by atoms with Gasteiger partial charge in [0.15, 0.2) is 0 Å². The summed E-state index contributed by atoms with van der Waals surface area (Å²) in [5.41, 5.74) is 2.57. The van der Waals surface area contributed by atoms with Gasteiger partial charge in [-0.05, 0) is 77.9 Å². The molecule has 0 saturated carbocycles. The van der Waals surface area contributed by atoms with Gasteiger partial charge in [0.25, 0.3) is 10.1 Å². The maximum Gasteiger partial charge on any atom is 0.428 e. The molecule has 1 aliphatic heterocycles. The SMILES string of the molecule is CC(C)(C)OC(=O)N/N=c1/ccc2c(-c3ccccc3S(=O)(=O)O)c3ccc(C(=O)OC(C)(C)C)cc3oc-2c1. The van der Waals surface area contributed by atoms with Crippen molar-refractivity contribution in [3.8, 4) is 22.5 Å². The van der Waals surface area contributed by atoms with Crippen LogP contribution in [0.5, 0.6) is 0 Å². The van der Waals surface area contributed by atoms with Crippen molar-refractivity contribution >= 4 is 33.1 Å². The van der Waals surface area contributed by atoms with Crippen molar-refractivity contribution in [2.75, 3.05) is 0 Å². The van der Waals surface area contributed by atoms with Crippen LogP contribution in [0.25, 0.3) is 33.4 Å². The van der Waals surface area contributed by atoms with E-state index in [1.54, 1.807) is 84.0 Å². The molecule has 0 unspecified atom stereocenters. The van der Waals surface area contributed by atoms with Gasteiger partial charge in [0.2, 0.25) is 0 Å². The summed E-state index contributed by atoms with van der Waals surface area (Å²) in [6.07, 6.45) is -0.743. The van der Waals surface area contributed by atoms with Gasteiger partial charge < -0.3 is 13.9 Å². The van der Waals surface area contributed by atoms with E-state index in [2.05, 4.69) is 10.5 Å². The number of benzene rings is 3. The normalized spacial score (nSPS) is 12.9. The van der Waals surface area contributed by atoms with Crippen LogP contribution in [0, 0.1) is 0 Å². The van der Waals surface area contributed by atoms with E-state index >= 15 is 0 Å². The van der Waals surface area contributed by atoms with E-state index in [9.17, 15) is 22.6 Å². The number of carbonyl (C=O) groups is 2. The Bertz CT molecular complexity index is 1760. The zero-order valence-electron chi connectivity index (χ0n) is 22.9. The molecule has 1 heterocycles. The molecule has 0 radical (unpaired) electrons. The Morgan fingerprint density at radius 3 is 2.20 bits per heavy atom. The second-order valence-corrected chi connectivity index (χ2v) is 12.5. The molecule has 1 aliphatic carbocycles. The lowest BCUT2D eigenvalue weighted by molar-refractivity contribution is 0.00691. The van der Waals surface area contributed by atoms with E-state index in [1.807, 2.05) is 0 Å². The third-order valence-corrected chi connectivity index (χ3v) is 6.36. The van der Waals surface area contributed by atoms with E-state index in [1.165, 1.54) is 18.2 Å². The number of hydrogen-bond acceptors (Lipinski definition) is 8. The molecule has 2 aromatic carbocycles. The summed E-state index contributed by atoms with van der Waals surface area (Å²) in [5, 5.41) is 4.88. The maximum absolute atomic E-state index is 12.8. The van der Waals surface area contributed by atoms with Crippen LogP contribution < -0.4 is 10.8 Å². The van der Waals surface area contributed by atoms with Gasteiger partial charge in [0, 0.05) is 28.1 Å². The lowest BCUT2D eigenvalue weighted by atomic mass is 9.93. The van der Waals surface area contributed by atoms with Crippen LogP contribution in [0.15, 0.2) is 75.1 Å². The quantitative estimate of drug-likeness (QED) is 0.138. The Hall–Kier alpha value is -4.22. The van der Waals surface area contributed by atoms with E-state index in [-0.39, 0.29) is 27.4 Å². The lowest BCUT2D eigenvalue weighted by Crippen LogP contribution is -2.30. The van der Waals surface area contributed by atoms with Crippen LogP contribution >= 0.6 is 0 Å². The molecule has 210 valence electrons. The second-order valence-electron chi connectivity index (χ2n) is 11.1. The van der Waals surface area contributed by atoms with Crippen molar-refractivity contribution in [2.45, 2.75) is 57.6 Å². The molecule has 40 heavy (non-hydrogen) atoms. The Kier molecular flexibility index (Phi) is 7.48. The number of esters is 1. The van der Waals surface area contributed by atoms with Crippen molar-refractivity contribution in [1.82, 2.24) is 5.43 Å². The van der Waals surface area contributed by atoms with Gasteiger partial charge in [-0.2, -0.15) is 13.5 Å². The highest BCUT2D eigenvalue weighted by Gasteiger charge is 2.25. The molecule has 0 aromatic heterocycles. The third-order valence-electron chi connectivity index (χ3n) is 5.45. The molecule has 0 spiro atoms. The van der Waals surface area contributed by atoms with Gasteiger partial charge in [-0.3, -0.25) is 4.55 Å². The highest BCUT2D eigenvalue weighted by atomic mass is 32.2. The molecule has 2 N–H and O–H groups in total. The van der Waals surface area contributed by atoms with E-state index in [0.29, 0.717) is 21.9 Å². The van der Waals surface area contributed by atoms with E-state index < -0.39 is 33.4 Å². The van der Waals surface area contributed by atoms with Crippen molar-refractivity contribution < 1.29 is 36.5 Å². The van der Waals surface area contributed by atoms with Crippen LogP contribution in [-0.4, -0.2) is 36.2 Å². The first kappa shape index (κ1) is 28.8. The molecule has 11 heteroatoms. The second kappa shape index (κ2) is 10.4. The number of ether oxygens (including phenoxy) is 2. The van der Waals surface area contributed by atoms with Crippen LogP contribution in [0.3, 0.4) is 0 Å². The highest BCUT2D eigenvalue weighted by Crippen LogP contribution is 2.42. The smallest absolute Gasteiger partial charge is 0.428 e. The summed E-state index contributed by atoms with van der Waals surface area (Å²) in [6, 6.07) is 15.5. The first-order valence-electron chi connectivity index (χ1n) is 12.4. The fourth-order valence-corrected chi connectivity index (χ4v) is 4.71. The molecule has 0 fully saturated rings. The fraction of sp³-hybridized carbons (Fsp3) is 0.276. The number of amides is 1. The summed E-state index contributed by atoms with van der Waals surface area (Å²) in [4.78, 5) is 24.5. The molecule has 10 nitrogen and oxygen atoms in total. The third kappa shape index (κ3) is 6.67. The molecule has 2 aliphatic rings. The summed E-state index contributed by atoms with van der Waals surface area (Å²) in [5.74, 6) is -0.281. The predicted molar refractivity (Wildman–Crippen MR) is 148 cm³/mol. The summed E-state index contributed by atoms with van der Waals surface area (Å²) < 4.78 is 51.4. The predicted octanol–water partition coefficient (Wildman–Crippen LogP) is 5.75. The Morgan fingerprint density at radius 1 is 0.875 bits per heavy atom. The van der Waals surface area contributed by atoms with Crippen molar-refractivity contribution in [3.05, 3.63) is 71.6 Å². The van der Waals surface area contributed by atoms with Gasteiger partial charge in [-0.25, -0.2) is 15.0 Å². The molecule has 2 aromatic rings. The zero-order chi connectivity index (χ0) is 29.5. The monoisotopic (exact) mass is 566 g/mol. The average Bonchev–Trinajstić information content (AvgIpc) is 2.83. The lowest BCUT2D eigenvalue weighted by Gasteiger charge is -2.20. The molecular formula is C29H30N2O8S. The Morgan fingerprint density at radius 2 is 1.55 bits per heavy atom. The van der Waals surface area contributed by atoms with Crippen LogP contribution in [0.1, 0.15) is 51.9 Å². The minimum atomic E-state index is -4.59. The fourth-order valence-electron chi connectivity index (χ4n) is 4.01. The van der Waals surface area contributed by atoms with Crippen LogP contribution in [-0.2, 0) is 19.6 Å². The number of hydrogen-bond donors (Lipinski definition) is 2. The van der Waals surface area contributed by atoms with Gasteiger partial charge in [0.05, 0.1) is 10.9 Å². The topological polar surface area (TPSA) is 144 Å². The zero-order valence-corrected chi connectivity index (χ0v) is 23.8. The minimum absolute atomic E-state index is 0.229. The molecule has 0 saturated heterocycles. The number of rotatable bonds is 4. The van der Waals surface area contributed by atoms with Gasteiger partial charge in [-0.1, -0.05) is 18.2 Å². The Balaban J connectivity index is 1.96. The maximum atomic E-state index is 12.8. The first-order valence-corrected chi connectivity index (χ1v) is 13.8.